The molecule has 0 saturated carbocycles. The molecule has 0 bridgehead atoms. The van der Waals surface area contributed by atoms with E-state index in [0.29, 0.717) is 19.0 Å². The highest BCUT2D eigenvalue weighted by atomic mass is 32.1. The summed E-state index contributed by atoms with van der Waals surface area (Å²) in [5.41, 5.74) is 1.50. The summed E-state index contributed by atoms with van der Waals surface area (Å²) in [5.74, 6) is -2.81. The molecule has 1 amide bonds. The third-order valence-corrected chi connectivity index (χ3v) is 7.83. The maximum absolute atomic E-state index is 16.2. The zero-order valence-electron chi connectivity index (χ0n) is 21.4. The van der Waals surface area contributed by atoms with Gasteiger partial charge in [0.25, 0.3) is 0 Å². The van der Waals surface area contributed by atoms with Crippen molar-refractivity contribution in [2.24, 2.45) is 0 Å². The van der Waals surface area contributed by atoms with Crippen LogP contribution >= 0.6 is 11.3 Å². The van der Waals surface area contributed by atoms with Crippen LogP contribution in [-0.2, 0) is 11.0 Å². The van der Waals surface area contributed by atoms with Gasteiger partial charge in [0.15, 0.2) is 10.9 Å². The largest absolute Gasteiger partial charge is 0.471 e. The number of benzene rings is 2. The van der Waals surface area contributed by atoms with Crippen molar-refractivity contribution in [3.05, 3.63) is 48.1 Å². The number of thiazole rings is 1. The molecular weight excluding hydrogens is 557 g/mol. The fourth-order valence-electron chi connectivity index (χ4n) is 4.95. The Labute approximate surface area is 228 Å². The quantitative estimate of drug-likeness (QED) is 0.238. The van der Waals surface area contributed by atoms with Crippen molar-refractivity contribution in [1.29, 1.82) is 0 Å². The van der Waals surface area contributed by atoms with E-state index in [4.69, 9.17) is 15.2 Å². The van der Waals surface area contributed by atoms with Crippen molar-refractivity contribution in [3.8, 4) is 23.0 Å². The van der Waals surface area contributed by atoms with E-state index in [9.17, 15) is 22.4 Å². The van der Waals surface area contributed by atoms with Crippen molar-refractivity contribution in [1.82, 2.24) is 19.9 Å². The van der Waals surface area contributed by atoms with Crippen molar-refractivity contribution < 1.29 is 36.2 Å². The minimum atomic E-state index is -5.05. The van der Waals surface area contributed by atoms with E-state index in [1.807, 2.05) is 0 Å². The van der Waals surface area contributed by atoms with Crippen LogP contribution in [0.3, 0.4) is 0 Å². The minimum Gasteiger partial charge on any atom is -0.471 e. The fraction of sp³-hybridized carbons (Fsp3) is 0.308. The predicted octanol–water partition coefficient (Wildman–Crippen LogP) is 5.74. The topological polar surface area (TPSA) is 103 Å². The van der Waals surface area contributed by atoms with Crippen LogP contribution in [0.15, 0.2) is 30.9 Å². The Morgan fingerprint density at radius 2 is 1.95 bits per heavy atom. The average Bonchev–Trinajstić information content (AvgIpc) is 3.43. The van der Waals surface area contributed by atoms with Crippen LogP contribution in [0.5, 0.6) is 11.9 Å². The number of methoxy groups -OCH3 is 1. The number of nitrogens with two attached hydrogens (primary N) is 1. The van der Waals surface area contributed by atoms with Gasteiger partial charge in [0.1, 0.15) is 17.4 Å². The summed E-state index contributed by atoms with van der Waals surface area (Å²) in [6.07, 6.45) is -4.29. The molecule has 1 fully saturated rings. The van der Waals surface area contributed by atoms with E-state index in [-0.39, 0.29) is 44.1 Å². The normalized spacial score (nSPS) is 17.0. The summed E-state index contributed by atoms with van der Waals surface area (Å²) in [4.78, 5) is 25.9. The summed E-state index contributed by atoms with van der Waals surface area (Å²) in [5, 5.41) is -0.464. The van der Waals surface area contributed by atoms with Gasteiger partial charge in [0.05, 0.1) is 33.8 Å². The van der Waals surface area contributed by atoms with Gasteiger partial charge >= 0.3 is 12.2 Å². The molecule has 1 saturated heterocycles. The first-order valence-electron chi connectivity index (χ1n) is 11.9. The van der Waals surface area contributed by atoms with E-state index >= 15 is 4.39 Å². The number of carbonyl (C=O) groups is 1. The van der Waals surface area contributed by atoms with Crippen LogP contribution in [0.25, 0.3) is 32.2 Å². The molecule has 2 aromatic carbocycles. The Balaban J connectivity index is 1.76. The molecule has 1 aliphatic heterocycles. The maximum Gasteiger partial charge on any atom is 0.417 e. The second kappa shape index (κ2) is 9.54. The number of rotatable bonds is 5. The lowest BCUT2D eigenvalue weighted by Gasteiger charge is -2.35. The number of nitrogens with zero attached hydrogens (tertiary/aromatic N) is 4. The molecule has 0 aliphatic carbocycles. The molecule has 8 nitrogen and oxygen atoms in total. The first-order valence-corrected chi connectivity index (χ1v) is 12.7. The number of ether oxygens (including phenoxy) is 2. The van der Waals surface area contributed by atoms with Crippen LogP contribution in [0.1, 0.15) is 25.8 Å². The summed E-state index contributed by atoms with van der Waals surface area (Å²) >= 11 is 0.728. The highest BCUT2D eigenvalue weighted by Gasteiger charge is 2.45. The number of anilines is 1. The van der Waals surface area contributed by atoms with Crippen LogP contribution in [0.2, 0.25) is 0 Å². The molecule has 5 rings (SSSR count). The number of hydrogen-bond donors (Lipinski definition) is 1. The summed E-state index contributed by atoms with van der Waals surface area (Å²) < 4.78 is 85.1. The summed E-state index contributed by atoms with van der Waals surface area (Å²) in [7, 11) is 1.21. The highest BCUT2D eigenvalue weighted by molar-refractivity contribution is 7.22. The fourth-order valence-corrected chi connectivity index (χ4v) is 5.71. The second-order valence-corrected chi connectivity index (χ2v) is 10.6. The third kappa shape index (κ3) is 4.35. The van der Waals surface area contributed by atoms with Gasteiger partial charge in [-0.3, -0.25) is 4.79 Å². The van der Waals surface area contributed by atoms with E-state index in [0.717, 1.165) is 29.5 Å². The number of nitrogen functional groups attached to an aromatic ring is 1. The molecule has 1 aliphatic rings. The molecule has 1 unspecified atom stereocenters. The number of aromatic nitrogens is 3. The Kier molecular flexibility index (Phi) is 6.56. The Morgan fingerprint density at radius 3 is 2.60 bits per heavy atom. The van der Waals surface area contributed by atoms with Gasteiger partial charge in [-0.05, 0) is 38.1 Å². The molecule has 2 N–H and O–H groups in total. The lowest BCUT2D eigenvalue weighted by Crippen LogP contribution is -2.49. The first kappa shape index (κ1) is 27.5. The zero-order chi connectivity index (χ0) is 29.1. The van der Waals surface area contributed by atoms with Gasteiger partial charge in [-0.1, -0.05) is 17.9 Å². The highest BCUT2D eigenvalue weighted by Crippen LogP contribution is 2.46. The SMILES string of the molecule is C=CC(=O)N1CCC(Oc2nc(OC)nc3c(F)c(-c4ccc(F)c5sc(N)nc45)c(C(F)(F)F)cc23)C1(C)C. The van der Waals surface area contributed by atoms with Gasteiger partial charge < -0.3 is 20.1 Å². The lowest BCUT2D eigenvalue weighted by molar-refractivity contribution is -0.137. The van der Waals surface area contributed by atoms with Crippen LogP contribution in [-0.4, -0.2) is 51.1 Å². The molecule has 3 heterocycles. The second-order valence-electron chi connectivity index (χ2n) is 9.59. The number of likely N-dealkylation sites (tertiary alicyclic amines) is 1. The predicted molar refractivity (Wildman–Crippen MR) is 139 cm³/mol. The van der Waals surface area contributed by atoms with Crippen LogP contribution in [0, 0.1) is 11.6 Å². The van der Waals surface area contributed by atoms with E-state index < -0.39 is 46.1 Å². The molecular formula is C26H22F5N5O3S. The number of alkyl halides is 3. The standard InChI is InChI=1S/C26H22F5N5O3S/c1-5-16(37)36-9-8-15(25(36,2)3)39-22-12-10-13(26(29,30)31)17(18(28)19(12)34-24(35-22)38-4)11-6-7-14(27)21-20(11)33-23(32)40-21/h5-7,10,15H,1,8-9H2,2-4H3,(H2,32,33). The molecule has 0 spiro atoms. The monoisotopic (exact) mass is 579 g/mol. The Hall–Kier alpha value is -4.07. The number of carbonyl (C=O) groups excluding carboxylic acids is 1. The van der Waals surface area contributed by atoms with Gasteiger partial charge in [-0.25, -0.2) is 13.8 Å². The smallest absolute Gasteiger partial charge is 0.417 e. The number of amides is 1. The molecule has 4 aromatic rings. The number of hydrogen-bond acceptors (Lipinski definition) is 8. The van der Waals surface area contributed by atoms with Crippen molar-refractivity contribution in [3.63, 3.8) is 0 Å². The number of fused-ring (bicyclic) bond motifs is 2. The third-order valence-electron chi connectivity index (χ3n) is 6.94. The molecule has 0 radical (unpaired) electrons. The van der Waals surface area contributed by atoms with Gasteiger partial charge in [-0.2, -0.15) is 23.1 Å². The minimum absolute atomic E-state index is 0.0982. The van der Waals surface area contributed by atoms with Gasteiger partial charge in [-0.15, -0.1) is 0 Å². The first-order chi connectivity index (χ1) is 18.8. The molecule has 1 atom stereocenters. The zero-order valence-corrected chi connectivity index (χ0v) is 22.2. The van der Waals surface area contributed by atoms with Crippen molar-refractivity contribution in [2.45, 2.75) is 38.1 Å². The Bertz CT molecular complexity index is 1690. The van der Waals surface area contributed by atoms with Crippen molar-refractivity contribution in [2.75, 3.05) is 19.4 Å². The summed E-state index contributed by atoms with van der Waals surface area (Å²) in [6, 6.07) is 2.26. The number of halogens is 5. The summed E-state index contributed by atoms with van der Waals surface area (Å²) in [6.45, 7) is 7.25. The van der Waals surface area contributed by atoms with Crippen molar-refractivity contribution >= 4 is 43.5 Å². The maximum atomic E-state index is 16.2. The molecule has 2 aromatic heterocycles. The van der Waals surface area contributed by atoms with E-state index in [2.05, 4.69) is 21.5 Å². The molecule has 40 heavy (non-hydrogen) atoms. The van der Waals surface area contributed by atoms with E-state index in [1.165, 1.54) is 12.0 Å². The van der Waals surface area contributed by atoms with Gasteiger partial charge in [0.2, 0.25) is 11.8 Å². The van der Waals surface area contributed by atoms with Gasteiger partial charge in [0, 0.05) is 24.1 Å². The van der Waals surface area contributed by atoms with Crippen LogP contribution < -0.4 is 15.2 Å². The molecule has 210 valence electrons. The Morgan fingerprint density at radius 1 is 1.23 bits per heavy atom. The molecule has 14 heteroatoms. The average molecular weight is 580 g/mol. The van der Waals surface area contributed by atoms with Crippen LogP contribution in [0.4, 0.5) is 27.1 Å². The lowest BCUT2D eigenvalue weighted by atomic mass is 9.95. The van der Waals surface area contributed by atoms with E-state index in [1.54, 1.807) is 13.8 Å².